The summed E-state index contributed by atoms with van der Waals surface area (Å²) in [6, 6.07) is 18.1. The van der Waals surface area contributed by atoms with Gasteiger partial charge >= 0.3 is 0 Å². The summed E-state index contributed by atoms with van der Waals surface area (Å²) in [4.78, 5) is 16.3. The molecule has 0 aliphatic carbocycles. The highest BCUT2D eigenvalue weighted by molar-refractivity contribution is 5.27. The van der Waals surface area contributed by atoms with E-state index in [2.05, 4.69) is 4.98 Å². The van der Waals surface area contributed by atoms with Crippen molar-refractivity contribution in [3.63, 3.8) is 0 Å². The van der Waals surface area contributed by atoms with Crippen LogP contribution in [0.2, 0.25) is 0 Å². The fraction of sp³-hybridized carbons (Fsp3) is 0.111. The van der Waals surface area contributed by atoms with Crippen LogP contribution in [0.25, 0.3) is 5.82 Å². The quantitative estimate of drug-likeness (QED) is 0.657. The first-order valence-electron chi connectivity index (χ1n) is 7.28. The third-order valence-corrected chi connectivity index (χ3v) is 3.15. The van der Waals surface area contributed by atoms with Gasteiger partial charge in [-0.15, -0.1) is 0 Å². The van der Waals surface area contributed by atoms with Crippen LogP contribution in [0.1, 0.15) is 0 Å². The molecule has 0 atom stereocenters. The Morgan fingerprint density at radius 2 is 1.61 bits per heavy atom. The minimum absolute atomic E-state index is 0.190. The summed E-state index contributed by atoms with van der Waals surface area (Å²) in [7, 11) is 0. The monoisotopic (exact) mass is 308 g/mol. The zero-order chi connectivity index (χ0) is 15.9. The molecule has 0 unspecified atom stereocenters. The molecule has 0 bridgehead atoms. The molecule has 1 aromatic carbocycles. The molecule has 5 nitrogen and oxygen atoms in total. The van der Waals surface area contributed by atoms with Crippen LogP contribution >= 0.6 is 0 Å². The largest absolute Gasteiger partial charge is 0.490 e. The van der Waals surface area contributed by atoms with Crippen LogP contribution in [0.3, 0.4) is 0 Å². The standard InChI is InChI=1S/C18H16N2O3/c21-18-14-16(9-11-20(18)17-8-4-5-10-19-17)23-13-12-22-15-6-2-1-3-7-15/h1-11,14H,12-13H2. The zero-order valence-corrected chi connectivity index (χ0v) is 12.5. The summed E-state index contributed by atoms with van der Waals surface area (Å²) in [5, 5.41) is 0. The molecule has 23 heavy (non-hydrogen) atoms. The van der Waals surface area contributed by atoms with Gasteiger partial charge in [-0.1, -0.05) is 24.3 Å². The van der Waals surface area contributed by atoms with E-state index in [9.17, 15) is 4.79 Å². The molecule has 0 aliphatic rings. The Bertz CT molecular complexity index is 801. The molecule has 0 amide bonds. The second kappa shape index (κ2) is 7.26. The molecule has 0 saturated carbocycles. The lowest BCUT2D eigenvalue weighted by atomic mass is 10.3. The predicted molar refractivity (Wildman–Crippen MR) is 87.3 cm³/mol. The molecule has 116 valence electrons. The van der Waals surface area contributed by atoms with Crippen LogP contribution in [-0.4, -0.2) is 22.8 Å². The normalized spacial score (nSPS) is 10.3. The van der Waals surface area contributed by atoms with Crippen LogP contribution in [0.5, 0.6) is 11.5 Å². The number of hydrogen-bond acceptors (Lipinski definition) is 4. The van der Waals surface area contributed by atoms with Crippen molar-refractivity contribution < 1.29 is 9.47 Å². The number of benzene rings is 1. The third-order valence-electron chi connectivity index (χ3n) is 3.15. The third kappa shape index (κ3) is 3.97. The van der Waals surface area contributed by atoms with Gasteiger partial charge in [0.15, 0.2) is 0 Å². The van der Waals surface area contributed by atoms with Crippen molar-refractivity contribution in [1.82, 2.24) is 9.55 Å². The Labute approximate surface area is 133 Å². The van der Waals surface area contributed by atoms with Crippen LogP contribution in [0, 0.1) is 0 Å². The summed E-state index contributed by atoms with van der Waals surface area (Å²) in [5.41, 5.74) is -0.190. The topological polar surface area (TPSA) is 53.4 Å². The Morgan fingerprint density at radius 3 is 2.30 bits per heavy atom. The van der Waals surface area contributed by atoms with E-state index in [0.717, 1.165) is 5.75 Å². The summed E-state index contributed by atoms with van der Waals surface area (Å²) in [5.74, 6) is 1.89. The van der Waals surface area contributed by atoms with E-state index in [1.165, 1.54) is 10.6 Å². The Balaban J connectivity index is 1.57. The SMILES string of the molecule is O=c1cc(OCCOc2ccccc2)ccn1-c1ccccn1. The first-order valence-corrected chi connectivity index (χ1v) is 7.28. The van der Waals surface area contributed by atoms with Crippen molar-refractivity contribution in [1.29, 1.82) is 0 Å². The van der Waals surface area contributed by atoms with Crippen LogP contribution in [0.4, 0.5) is 0 Å². The fourth-order valence-electron chi connectivity index (χ4n) is 2.07. The summed E-state index contributed by atoms with van der Waals surface area (Å²) < 4.78 is 12.5. The summed E-state index contributed by atoms with van der Waals surface area (Å²) >= 11 is 0. The van der Waals surface area contributed by atoms with Crippen molar-refractivity contribution in [3.05, 3.63) is 83.4 Å². The lowest BCUT2D eigenvalue weighted by Gasteiger charge is -2.09. The minimum Gasteiger partial charge on any atom is -0.490 e. The van der Waals surface area contributed by atoms with Crippen molar-refractivity contribution >= 4 is 0 Å². The van der Waals surface area contributed by atoms with Crippen molar-refractivity contribution in [3.8, 4) is 17.3 Å². The molecule has 0 fully saturated rings. The molecule has 3 aromatic rings. The van der Waals surface area contributed by atoms with E-state index in [1.54, 1.807) is 30.6 Å². The molecule has 0 spiro atoms. The predicted octanol–water partition coefficient (Wildman–Crippen LogP) is 2.69. The highest BCUT2D eigenvalue weighted by Gasteiger charge is 2.02. The number of pyridine rings is 2. The second-order valence-electron chi connectivity index (χ2n) is 4.77. The van der Waals surface area contributed by atoms with Gasteiger partial charge in [0, 0.05) is 18.5 Å². The molecular weight excluding hydrogens is 292 g/mol. The van der Waals surface area contributed by atoms with Crippen LogP contribution in [-0.2, 0) is 0 Å². The zero-order valence-electron chi connectivity index (χ0n) is 12.5. The average Bonchev–Trinajstić information content (AvgIpc) is 2.60. The maximum Gasteiger partial charge on any atom is 0.259 e. The first-order chi connectivity index (χ1) is 11.3. The molecule has 3 rings (SSSR count). The molecule has 2 aromatic heterocycles. The minimum atomic E-state index is -0.190. The maximum atomic E-state index is 12.1. The molecule has 2 heterocycles. The number of hydrogen-bond donors (Lipinski definition) is 0. The van der Waals surface area contributed by atoms with Crippen molar-refractivity contribution in [2.24, 2.45) is 0 Å². The van der Waals surface area contributed by atoms with Gasteiger partial charge in [-0.25, -0.2) is 4.98 Å². The lowest BCUT2D eigenvalue weighted by molar-refractivity contribution is 0.217. The molecule has 0 N–H and O–H groups in total. The van der Waals surface area contributed by atoms with E-state index in [1.807, 2.05) is 36.4 Å². The number of ether oxygens (including phenoxy) is 2. The highest BCUT2D eigenvalue weighted by atomic mass is 16.5. The van der Waals surface area contributed by atoms with Crippen LogP contribution < -0.4 is 15.0 Å². The number of aromatic nitrogens is 2. The Hall–Kier alpha value is -3.08. The van der Waals surface area contributed by atoms with Crippen molar-refractivity contribution in [2.75, 3.05) is 13.2 Å². The van der Waals surface area contributed by atoms with E-state index >= 15 is 0 Å². The van der Waals surface area contributed by atoms with Gasteiger partial charge in [0.05, 0.1) is 0 Å². The van der Waals surface area contributed by atoms with Gasteiger partial charge in [-0.2, -0.15) is 0 Å². The molecule has 0 radical (unpaired) electrons. The van der Waals surface area contributed by atoms with E-state index in [0.29, 0.717) is 24.8 Å². The lowest BCUT2D eigenvalue weighted by Crippen LogP contribution is -2.18. The molecule has 5 heteroatoms. The highest BCUT2D eigenvalue weighted by Crippen LogP contribution is 2.10. The number of para-hydroxylation sites is 1. The fourth-order valence-corrected chi connectivity index (χ4v) is 2.07. The van der Waals surface area contributed by atoms with Gasteiger partial charge in [-0.3, -0.25) is 9.36 Å². The van der Waals surface area contributed by atoms with Crippen LogP contribution in [0.15, 0.2) is 77.9 Å². The molecular formula is C18H16N2O3. The van der Waals surface area contributed by atoms with Gasteiger partial charge in [0.25, 0.3) is 5.56 Å². The molecule has 0 aliphatic heterocycles. The Morgan fingerprint density at radius 1 is 0.870 bits per heavy atom. The molecule has 0 saturated heterocycles. The smallest absolute Gasteiger partial charge is 0.259 e. The summed E-state index contributed by atoms with van der Waals surface area (Å²) in [6.07, 6.45) is 3.30. The van der Waals surface area contributed by atoms with E-state index in [4.69, 9.17) is 9.47 Å². The Kier molecular flexibility index (Phi) is 4.69. The number of nitrogens with zero attached hydrogens (tertiary/aromatic N) is 2. The van der Waals surface area contributed by atoms with E-state index in [-0.39, 0.29) is 5.56 Å². The second-order valence-corrected chi connectivity index (χ2v) is 4.77. The van der Waals surface area contributed by atoms with Gasteiger partial charge in [-0.05, 0) is 30.3 Å². The summed E-state index contributed by atoms with van der Waals surface area (Å²) in [6.45, 7) is 0.773. The number of rotatable bonds is 6. The van der Waals surface area contributed by atoms with Gasteiger partial charge < -0.3 is 9.47 Å². The first kappa shape index (κ1) is 14.8. The van der Waals surface area contributed by atoms with E-state index < -0.39 is 0 Å². The van der Waals surface area contributed by atoms with Crippen molar-refractivity contribution in [2.45, 2.75) is 0 Å². The maximum absolute atomic E-state index is 12.1. The van der Waals surface area contributed by atoms with Gasteiger partial charge in [0.2, 0.25) is 0 Å². The van der Waals surface area contributed by atoms with Gasteiger partial charge in [0.1, 0.15) is 30.5 Å². The average molecular weight is 308 g/mol.